The number of carbonyl (C=O) groups is 3. The van der Waals surface area contributed by atoms with Crippen LogP contribution >= 0.6 is 11.8 Å². The predicted octanol–water partition coefficient (Wildman–Crippen LogP) is 3.95. The van der Waals surface area contributed by atoms with Crippen molar-refractivity contribution < 1.29 is 19.5 Å². The normalized spacial score (nSPS) is 47.6. The van der Waals surface area contributed by atoms with Crippen LogP contribution < -0.4 is 0 Å². The molecule has 0 bridgehead atoms. The molecule has 0 spiro atoms. The largest absolute Gasteiger partial charge is 0.393 e. The monoisotopic (exact) mass is 404 g/mol. The Morgan fingerprint density at radius 2 is 1.93 bits per heavy atom. The third-order valence-corrected chi connectivity index (χ3v) is 9.87. The third kappa shape index (κ3) is 2.87. The number of allylic oxidation sites excluding steroid dienone is 1. The zero-order valence-electron chi connectivity index (χ0n) is 17.4. The summed E-state index contributed by atoms with van der Waals surface area (Å²) in [7, 11) is 0. The fourth-order valence-corrected chi connectivity index (χ4v) is 8.72. The minimum absolute atomic E-state index is 0.0260. The number of hydrogen-bond acceptors (Lipinski definition) is 5. The zero-order valence-corrected chi connectivity index (χ0v) is 18.2. The van der Waals surface area contributed by atoms with Gasteiger partial charge in [-0.05, 0) is 73.7 Å². The molecule has 0 heterocycles. The maximum atomic E-state index is 12.4. The van der Waals surface area contributed by atoms with Crippen molar-refractivity contribution in [3.63, 3.8) is 0 Å². The van der Waals surface area contributed by atoms with Gasteiger partial charge in [-0.1, -0.05) is 31.2 Å². The summed E-state index contributed by atoms with van der Waals surface area (Å²) in [5, 5.41) is 11.3. The Morgan fingerprint density at radius 1 is 1.21 bits per heavy atom. The van der Waals surface area contributed by atoms with Crippen molar-refractivity contribution in [1.82, 2.24) is 0 Å². The van der Waals surface area contributed by atoms with Gasteiger partial charge >= 0.3 is 0 Å². The second-order valence-electron chi connectivity index (χ2n) is 10.1. The van der Waals surface area contributed by atoms with Gasteiger partial charge in [0.15, 0.2) is 10.9 Å². The minimum Gasteiger partial charge on any atom is -0.393 e. The van der Waals surface area contributed by atoms with E-state index in [1.807, 2.05) is 6.08 Å². The van der Waals surface area contributed by atoms with E-state index in [9.17, 15) is 19.5 Å². The lowest BCUT2D eigenvalue weighted by Crippen LogP contribution is -2.56. The Kier molecular flexibility index (Phi) is 4.94. The molecular formula is C23H32O4S. The van der Waals surface area contributed by atoms with Crippen LogP contribution in [-0.2, 0) is 14.4 Å². The summed E-state index contributed by atoms with van der Waals surface area (Å²) in [6.07, 6.45) is 6.07. The molecule has 2 unspecified atom stereocenters. The van der Waals surface area contributed by atoms with Crippen LogP contribution in [0, 0.1) is 34.5 Å². The van der Waals surface area contributed by atoms with E-state index in [1.54, 1.807) is 13.8 Å². The summed E-state index contributed by atoms with van der Waals surface area (Å²) in [6.45, 7) is 7.77. The van der Waals surface area contributed by atoms with Gasteiger partial charge in [0.05, 0.1) is 6.10 Å². The third-order valence-electron chi connectivity index (χ3n) is 8.76. The second-order valence-corrected chi connectivity index (χ2v) is 11.5. The lowest BCUT2D eigenvalue weighted by molar-refractivity contribution is -0.129. The first-order valence-corrected chi connectivity index (χ1v) is 11.6. The summed E-state index contributed by atoms with van der Waals surface area (Å²) in [6, 6.07) is 0. The van der Waals surface area contributed by atoms with Gasteiger partial charge in [0, 0.05) is 24.5 Å². The van der Waals surface area contributed by atoms with E-state index in [0.717, 1.165) is 25.7 Å². The van der Waals surface area contributed by atoms with Crippen LogP contribution in [0.3, 0.4) is 0 Å². The quantitative estimate of drug-likeness (QED) is 0.754. The molecule has 28 heavy (non-hydrogen) atoms. The number of thioether (sulfide) groups is 1. The molecule has 0 aromatic carbocycles. The summed E-state index contributed by atoms with van der Waals surface area (Å²) >= 11 is 1.39. The Balaban J connectivity index is 1.79. The van der Waals surface area contributed by atoms with Crippen LogP contribution in [0.1, 0.15) is 66.2 Å². The van der Waals surface area contributed by atoms with Gasteiger partial charge < -0.3 is 5.11 Å². The van der Waals surface area contributed by atoms with Crippen LogP contribution in [0.4, 0.5) is 0 Å². The van der Waals surface area contributed by atoms with E-state index in [1.165, 1.54) is 17.3 Å². The molecule has 0 aromatic rings. The molecule has 0 radical (unpaired) electrons. The molecule has 0 aliphatic heterocycles. The van der Waals surface area contributed by atoms with Gasteiger partial charge in [0.1, 0.15) is 5.78 Å². The van der Waals surface area contributed by atoms with Crippen molar-refractivity contribution in [3.05, 3.63) is 11.6 Å². The summed E-state index contributed by atoms with van der Waals surface area (Å²) in [5.41, 5.74) is 0.995. The molecule has 0 amide bonds. The van der Waals surface area contributed by atoms with Gasteiger partial charge in [-0.2, -0.15) is 0 Å². The Morgan fingerprint density at radius 3 is 2.57 bits per heavy atom. The summed E-state index contributed by atoms with van der Waals surface area (Å²) in [5.74, 6) is 0.917. The topological polar surface area (TPSA) is 71.4 Å². The molecule has 3 fully saturated rings. The molecule has 8 atom stereocenters. The molecule has 4 nitrogen and oxygen atoms in total. The Labute approximate surface area is 171 Å². The van der Waals surface area contributed by atoms with Crippen molar-refractivity contribution in [1.29, 1.82) is 0 Å². The number of aliphatic hydroxyl groups excluding tert-OH is 1. The first-order chi connectivity index (χ1) is 13.1. The predicted molar refractivity (Wildman–Crippen MR) is 110 cm³/mol. The molecule has 4 aliphatic rings. The molecule has 0 aromatic heterocycles. The fourth-order valence-electron chi connectivity index (χ4n) is 7.52. The highest BCUT2D eigenvalue weighted by molar-refractivity contribution is 8.14. The minimum atomic E-state index is -0.485. The van der Waals surface area contributed by atoms with Crippen LogP contribution in [0.25, 0.3) is 0 Å². The number of aliphatic hydroxyl groups is 1. The summed E-state index contributed by atoms with van der Waals surface area (Å²) in [4.78, 5) is 36.6. The first-order valence-electron chi connectivity index (χ1n) is 10.7. The van der Waals surface area contributed by atoms with E-state index in [4.69, 9.17) is 0 Å². The molecule has 4 aliphatic carbocycles. The lowest BCUT2D eigenvalue weighted by Gasteiger charge is -2.60. The average Bonchev–Trinajstić information content (AvgIpc) is 2.87. The number of hydrogen-bond donors (Lipinski definition) is 1. The van der Waals surface area contributed by atoms with Crippen LogP contribution in [0.2, 0.25) is 0 Å². The van der Waals surface area contributed by atoms with Crippen LogP contribution in [-0.4, -0.2) is 33.1 Å². The second kappa shape index (κ2) is 6.80. The average molecular weight is 405 g/mol. The van der Waals surface area contributed by atoms with Gasteiger partial charge in [-0.3, -0.25) is 14.4 Å². The molecule has 1 N–H and O–H groups in total. The highest BCUT2D eigenvalue weighted by Crippen LogP contribution is 2.68. The SMILES string of the molecule is CC(=O)S[C@@H]1CC2=CC(=O)CC[C@]2(C)[C@H]2CC[C@@]3(C)C(C12)[C@H](O)C[C@@H]3C(C)=O. The van der Waals surface area contributed by atoms with E-state index >= 15 is 0 Å². The molecule has 154 valence electrons. The van der Waals surface area contributed by atoms with Crippen molar-refractivity contribution in [2.24, 2.45) is 34.5 Å². The van der Waals surface area contributed by atoms with Gasteiger partial charge in [-0.15, -0.1) is 0 Å². The maximum absolute atomic E-state index is 12.4. The van der Waals surface area contributed by atoms with Crippen molar-refractivity contribution in [2.45, 2.75) is 77.6 Å². The highest BCUT2D eigenvalue weighted by Gasteiger charge is 2.64. The maximum Gasteiger partial charge on any atom is 0.186 e. The fraction of sp³-hybridized carbons (Fsp3) is 0.783. The van der Waals surface area contributed by atoms with Gasteiger partial charge in [0.25, 0.3) is 0 Å². The number of carbonyl (C=O) groups excluding carboxylic acids is 3. The van der Waals surface area contributed by atoms with E-state index in [2.05, 4.69) is 13.8 Å². The first kappa shape index (κ1) is 20.3. The van der Waals surface area contributed by atoms with E-state index < -0.39 is 6.10 Å². The Bertz CT molecular complexity index is 758. The zero-order chi connectivity index (χ0) is 20.4. The van der Waals surface area contributed by atoms with Gasteiger partial charge in [0.2, 0.25) is 0 Å². The van der Waals surface area contributed by atoms with Gasteiger partial charge in [-0.25, -0.2) is 0 Å². The number of ketones is 2. The summed E-state index contributed by atoms with van der Waals surface area (Å²) < 4.78 is 0. The van der Waals surface area contributed by atoms with Crippen molar-refractivity contribution in [3.8, 4) is 0 Å². The number of fused-ring (bicyclic) bond motifs is 5. The molecule has 4 rings (SSSR count). The lowest BCUT2D eigenvalue weighted by atomic mass is 9.46. The van der Waals surface area contributed by atoms with Crippen molar-refractivity contribution >= 4 is 28.4 Å². The van der Waals surface area contributed by atoms with E-state index in [0.29, 0.717) is 18.8 Å². The van der Waals surface area contributed by atoms with Crippen LogP contribution in [0.15, 0.2) is 11.6 Å². The van der Waals surface area contributed by atoms with E-state index in [-0.39, 0.29) is 50.5 Å². The number of rotatable bonds is 2. The highest BCUT2D eigenvalue weighted by atomic mass is 32.2. The molecule has 0 saturated heterocycles. The molecule has 5 heteroatoms. The van der Waals surface area contributed by atoms with Crippen LogP contribution in [0.5, 0.6) is 0 Å². The standard InChI is InChI=1S/C23H32O4S/c1-12(24)17-11-18(27)21-20-16(6-8-23(17,21)4)22(3)7-5-15(26)9-14(22)10-19(20)28-13(2)25/h9,16-21,27H,5-8,10-11H2,1-4H3/t16-,17+,18+,19+,20?,21?,22-,23+/m0/s1. The number of Topliss-reactive ketones (excluding diaryl/α,β-unsaturated/α-hetero) is 1. The van der Waals surface area contributed by atoms with Crippen molar-refractivity contribution in [2.75, 3.05) is 0 Å². The molecule has 3 saturated carbocycles. The smallest absolute Gasteiger partial charge is 0.186 e. The molecular weight excluding hydrogens is 372 g/mol. The Hall–Kier alpha value is -0.940.